The maximum absolute atomic E-state index is 12.6. The van der Waals surface area contributed by atoms with Gasteiger partial charge in [-0.2, -0.15) is 4.90 Å². The lowest BCUT2D eigenvalue weighted by molar-refractivity contribution is 0.0428. The van der Waals surface area contributed by atoms with Crippen molar-refractivity contribution in [1.82, 2.24) is 4.98 Å². The first kappa shape index (κ1) is 20.2. The van der Waals surface area contributed by atoms with E-state index < -0.39 is 23.4 Å². The Morgan fingerprint density at radius 3 is 1.79 bits per heavy atom. The van der Waals surface area contributed by atoms with E-state index in [1.54, 1.807) is 54.5 Å². The molecule has 0 aliphatic carbocycles. The van der Waals surface area contributed by atoms with Crippen molar-refractivity contribution in [2.75, 3.05) is 4.90 Å². The standard InChI is InChI=1S/C17H25ClN2O4/c1-10-9-12(18)19-13(11(10)2)20(14(21)23-16(3,4)5)15(22)24-17(6,7)8/h9H,1-8H3. The van der Waals surface area contributed by atoms with Crippen molar-refractivity contribution in [2.45, 2.75) is 66.6 Å². The molecule has 0 N–H and O–H groups in total. The SMILES string of the molecule is Cc1cc(Cl)nc(N(C(=O)OC(C)(C)C)C(=O)OC(C)(C)C)c1C. The Hall–Kier alpha value is -1.82. The summed E-state index contributed by atoms with van der Waals surface area (Å²) in [5.74, 6) is 0.100. The molecule has 0 saturated carbocycles. The van der Waals surface area contributed by atoms with Crippen molar-refractivity contribution < 1.29 is 19.1 Å². The molecule has 1 aromatic rings. The van der Waals surface area contributed by atoms with Gasteiger partial charge in [0, 0.05) is 0 Å². The highest BCUT2D eigenvalue weighted by molar-refractivity contribution is 6.29. The molecule has 7 heteroatoms. The van der Waals surface area contributed by atoms with E-state index in [9.17, 15) is 9.59 Å². The molecule has 0 bridgehead atoms. The van der Waals surface area contributed by atoms with Crippen molar-refractivity contribution in [3.63, 3.8) is 0 Å². The predicted octanol–water partition coefficient (Wildman–Crippen LogP) is 5.03. The van der Waals surface area contributed by atoms with E-state index in [0.717, 1.165) is 10.5 Å². The molecule has 24 heavy (non-hydrogen) atoms. The van der Waals surface area contributed by atoms with Crippen LogP contribution in [0.25, 0.3) is 0 Å². The smallest absolute Gasteiger partial charge is 0.425 e. The number of imide groups is 1. The number of nitrogens with zero attached hydrogens (tertiary/aromatic N) is 2. The van der Waals surface area contributed by atoms with Gasteiger partial charge in [0.05, 0.1) is 0 Å². The fourth-order valence-corrected chi connectivity index (χ4v) is 2.00. The lowest BCUT2D eigenvalue weighted by atomic mass is 10.1. The molecule has 0 fully saturated rings. The number of hydrogen-bond donors (Lipinski definition) is 0. The van der Waals surface area contributed by atoms with Gasteiger partial charge in [-0.25, -0.2) is 14.6 Å². The molecule has 0 atom stereocenters. The Labute approximate surface area is 148 Å². The minimum Gasteiger partial charge on any atom is -0.443 e. The fraction of sp³-hybridized carbons (Fsp3) is 0.588. The van der Waals surface area contributed by atoms with Gasteiger partial charge >= 0.3 is 12.2 Å². The van der Waals surface area contributed by atoms with Gasteiger partial charge in [-0.3, -0.25) is 0 Å². The molecule has 0 spiro atoms. The van der Waals surface area contributed by atoms with Gasteiger partial charge in [-0.15, -0.1) is 0 Å². The lowest BCUT2D eigenvalue weighted by Gasteiger charge is -2.29. The van der Waals surface area contributed by atoms with E-state index in [2.05, 4.69) is 4.98 Å². The number of anilines is 1. The van der Waals surface area contributed by atoms with E-state index in [-0.39, 0.29) is 11.0 Å². The molecule has 0 radical (unpaired) electrons. The zero-order valence-corrected chi connectivity index (χ0v) is 16.2. The van der Waals surface area contributed by atoms with Crippen LogP contribution in [0.3, 0.4) is 0 Å². The summed E-state index contributed by atoms with van der Waals surface area (Å²) < 4.78 is 10.7. The number of halogens is 1. The third-order valence-electron chi connectivity index (χ3n) is 2.84. The molecule has 134 valence electrons. The highest BCUT2D eigenvalue weighted by atomic mass is 35.5. The number of amides is 2. The Bertz CT molecular complexity index is 617. The summed E-state index contributed by atoms with van der Waals surface area (Å²) in [5.41, 5.74) is -0.129. The van der Waals surface area contributed by atoms with Gasteiger partial charge in [0.2, 0.25) is 0 Å². The van der Waals surface area contributed by atoms with Crippen molar-refractivity contribution >= 4 is 29.6 Å². The summed E-state index contributed by atoms with van der Waals surface area (Å²) in [4.78, 5) is 30.1. The average Bonchev–Trinajstić information content (AvgIpc) is 2.30. The molecule has 0 aliphatic heterocycles. The molecule has 0 unspecified atom stereocenters. The normalized spacial score (nSPS) is 11.9. The molecule has 1 rings (SSSR count). The van der Waals surface area contributed by atoms with Gasteiger partial charge in [0.1, 0.15) is 16.4 Å². The molecule has 0 aliphatic rings. The number of aromatic nitrogens is 1. The van der Waals surface area contributed by atoms with E-state index in [1.807, 2.05) is 6.92 Å². The summed E-state index contributed by atoms with van der Waals surface area (Å²) in [6.45, 7) is 13.8. The van der Waals surface area contributed by atoms with Crippen LogP contribution in [0.2, 0.25) is 5.15 Å². The summed E-state index contributed by atoms with van der Waals surface area (Å²) in [5, 5.41) is 0.171. The molecule has 1 aromatic heterocycles. The Morgan fingerprint density at radius 2 is 1.42 bits per heavy atom. The largest absolute Gasteiger partial charge is 0.443 e. The molecule has 6 nitrogen and oxygen atoms in total. The fourth-order valence-electron chi connectivity index (χ4n) is 1.76. The molecular formula is C17H25ClN2O4. The van der Waals surface area contributed by atoms with Crippen LogP contribution in [0.4, 0.5) is 15.4 Å². The number of hydrogen-bond acceptors (Lipinski definition) is 5. The molecular weight excluding hydrogens is 332 g/mol. The molecule has 0 aromatic carbocycles. The van der Waals surface area contributed by atoms with Crippen molar-refractivity contribution in [2.24, 2.45) is 0 Å². The van der Waals surface area contributed by atoms with Crippen molar-refractivity contribution in [1.29, 1.82) is 0 Å². The van der Waals surface area contributed by atoms with Gasteiger partial charge in [-0.05, 0) is 72.6 Å². The zero-order chi connectivity index (χ0) is 18.9. The summed E-state index contributed by atoms with van der Waals surface area (Å²) in [7, 11) is 0. The number of rotatable bonds is 1. The number of pyridine rings is 1. The van der Waals surface area contributed by atoms with Gasteiger partial charge in [0.25, 0.3) is 0 Å². The van der Waals surface area contributed by atoms with Crippen LogP contribution in [-0.4, -0.2) is 28.4 Å². The van der Waals surface area contributed by atoms with Crippen LogP contribution in [-0.2, 0) is 9.47 Å². The first-order valence-electron chi connectivity index (χ1n) is 7.61. The topological polar surface area (TPSA) is 68.7 Å². The maximum Gasteiger partial charge on any atom is 0.425 e. The van der Waals surface area contributed by atoms with Crippen LogP contribution in [0.5, 0.6) is 0 Å². The second-order valence-electron chi connectivity index (χ2n) is 7.51. The third kappa shape index (κ3) is 5.67. The van der Waals surface area contributed by atoms with Gasteiger partial charge < -0.3 is 9.47 Å². The number of ether oxygens (including phenoxy) is 2. The maximum atomic E-state index is 12.6. The van der Waals surface area contributed by atoms with Crippen LogP contribution >= 0.6 is 11.6 Å². The predicted molar refractivity (Wildman–Crippen MR) is 93.7 cm³/mol. The monoisotopic (exact) mass is 356 g/mol. The first-order chi connectivity index (χ1) is 10.7. The molecule has 0 saturated heterocycles. The van der Waals surface area contributed by atoms with E-state index >= 15 is 0 Å². The number of aryl methyl sites for hydroxylation is 1. The van der Waals surface area contributed by atoms with E-state index in [1.165, 1.54) is 0 Å². The van der Waals surface area contributed by atoms with Crippen LogP contribution in [0, 0.1) is 13.8 Å². The van der Waals surface area contributed by atoms with E-state index in [4.69, 9.17) is 21.1 Å². The van der Waals surface area contributed by atoms with Gasteiger partial charge in [0.15, 0.2) is 5.82 Å². The molecule has 2 amide bonds. The van der Waals surface area contributed by atoms with Gasteiger partial charge in [-0.1, -0.05) is 11.6 Å². The highest BCUT2D eigenvalue weighted by Crippen LogP contribution is 2.27. The lowest BCUT2D eigenvalue weighted by Crippen LogP contribution is -2.44. The highest BCUT2D eigenvalue weighted by Gasteiger charge is 2.34. The summed E-state index contributed by atoms with van der Waals surface area (Å²) in [6, 6.07) is 1.66. The second kappa shape index (κ2) is 6.97. The zero-order valence-electron chi connectivity index (χ0n) is 15.5. The quantitative estimate of drug-likeness (QED) is 0.660. The Morgan fingerprint density at radius 1 is 1.00 bits per heavy atom. The second-order valence-corrected chi connectivity index (χ2v) is 7.89. The van der Waals surface area contributed by atoms with Crippen LogP contribution < -0.4 is 4.90 Å². The first-order valence-corrected chi connectivity index (χ1v) is 7.99. The summed E-state index contributed by atoms with van der Waals surface area (Å²) >= 11 is 6.00. The van der Waals surface area contributed by atoms with Crippen molar-refractivity contribution in [3.05, 3.63) is 22.3 Å². The Balaban J connectivity index is 3.39. The Kier molecular flexibility index (Phi) is 5.87. The minimum absolute atomic E-state index is 0.100. The minimum atomic E-state index is -0.867. The molecule has 1 heterocycles. The van der Waals surface area contributed by atoms with Crippen LogP contribution in [0.1, 0.15) is 52.7 Å². The third-order valence-corrected chi connectivity index (χ3v) is 3.03. The van der Waals surface area contributed by atoms with Crippen molar-refractivity contribution in [3.8, 4) is 0 Å². The van der Waals surface area contributed by atoms with E-state index in [0.29, 0.717) is 5.56 Å². The number of carbonyl (C=O) groups is 2. The summed E-state index contributed by atoms with van der Waals surface area (Å²) in [6.07, 6.45) is -1.73. The number of carbonyl (C=O) groups excluding carboxylic acids is 2. The average molecular weight is 357 g/mol. The van der Waals surface area contributed by atoms with Crippen LogP contribution in [0.15, 0.2) is 6.07 Å².